The van der Waals surface area contributed by atoms with Crippen molar-refractivity contribution >= 4 is 35.5 Å². The summed E-state index contributed by atoms with van der Waals surface area (Å²) in [6, 6.07) is -0.956. The van der Waals surface area contributed by atoms with Crippen molar-refractivity contribution in [3.8, 4) is 0 Å². The fourth-order valence-corrected chi connectivity index (χ4v) is 6.80. The van der Waals surface area contributed by atoms with Crippen molar-refractivity contribution in [3.63, 3.8) is 0 Å². The lowest BCUT2D eigenvalue weighted by Gasteiger charge is -2.47. The highest BCUT2D eigenvalue weighted by Gasteiger charge is 2.60. The number of β-lactam (4-membered cyclic amide) rings is 1. The summed E-state index contributed by atoms with van der Waals surface area (Å²) in [7, 11) is 1.67. The number of nitrogens with one attached hydrogen (secondary N) is 3. The van der Waals surface area contributed by atoms with Crippen LogP contribution in [0.25, 0.3) is 0 Å². The van der Waals surface area contributed by atoms with Gasteiger partial charge in [0.15, 0.2) is 0 Å². The molecule has 6 N–H and O–H groups in total. The second-order valence-corrected chi connectivity index (χ2v) is 10.7. The number of likely N-dealkylation sites (tertiary alicyclic amines) is 1. The summed E-state index contributed by atoms with van der Waals surface area (Å²) in [5.74, 6) is -2.21. The Morgan fingerprint density at radius 2 is 2.03 bits per heavy atom. The molecule has 0 bridgehead atoms. The van der Waals surface area contributed by atoms with Gasteiger partial charge in [0.05, 0.1) is 24.5 Å². The first kappa shape index (κ1) is 24.0. The van der Waals surface area contributed by atoms with Crippen LogP contribution in [0.15, 0.2) is 10.6 Å². The van der Waals surface area contributed by atoms with Crippen molar-refractivity contribution in [1.29, 1.82) is 0 Å². The number of fused-ring (bicyclic) bond motifs is 1. The summed E-state index contributed by atoms with van der Waals surface area (Å²) < 4.78 is 0. The molecule has 0 radical (unpaired) electrons. The summed E-state index contributed by atoms with van der Waals surface area (Å²) in [6.07, 6.45) is 0.594. The molecular weight excluding hydrogens is 448 g/mol. The van der Waals surface area contributed by atoms with Crippen molar-refractivity contribution in [1.82, 2.24) is 25.8 Å². The molecular formula is C21H32N6O5S. The summed E-state index contributed by atoms with van der Waals surface area (Å²) in [5, 5.41) is 18.8. The zero-order valence-corrected chi connectivity index (χ0v) is 19.9. The number of rotatable bonds is 8. The van der Waals surface area contributed by atoms with E-state index in [4.69, 9.17) is 5.73 Å². The Hall–Kier alpha value is -2.15. The minimum atomic E-state index is -1.13. The van der Waals surface area contributed by atoms with E-state index in [1.807, 2.05) is 6.92 Å². The van der Waals surface area contributed by atoms with Gasteiger partial charge < -0.3 is 36.6 Å². The van der Waals surface area contributed by atoms with E-state index >= 15 is 0 Å². The van der Waals surface area contributed by atoms with Crippen molar-refractivity contribution in [2.24, 2.45) is 17.6 Å². The fraction of sp³-hybridized carbons (Fsp3) is 0.714. The number of thioether (sulfide) groups is 1. The number of aliphatic carboxylic acids is 1. The highest BCUT2D eigenvalue weighted by molar-refractivity contribution is 8.03. The molecule has 3 fully saturated rings. The van der Waals surface area contributed by atoms with Gasteiger partial charge in [-0.05, 0) is 20.4 Å². The highest BCUT2D eigenvalue weighted by atomic mass is 32.2. The van der Waals surface area contributed by atoms with E-state index in [9.17, 15) is 24.3 Å². The molecule has 3 amide bonds. The Balaban J connectivity index is 1.43. The number of carbonyl (C=O) groups is 4. The van der Waals surface area contributed by atoms with Gasteiger partial charge in [-0.25, -0.2) is 4.79 Å². The lowest BCUT2D eigenvalue weighted by molar-refractivity contribution is -0.158. The lowest BCUT2D eigenvalue weighted by Crippen LogP contribution is -2.66. The van der Waals surface area contributed by atoms with Crippen LogP contribution in [0.2, 0.25) is 0 Å². The minimum absolute atomic E-state index is 0.0284. The molecule has 0 aromatic rings. The highest BCUT2D eigenvalue weighted by Crippen LogP contribution is 2.51. The predicted octanol–water partition coefficient (Wildman–Crippen LogP) is -1.88. The number of hydrogen-bond donors (Lipinski definition) is 5. The average molecular weight is 481 g/mol. The van der Waals surface area contributed by atoms with E-state index in [1.54, 1.807) is 18.9 Å². The first-order valence-corrected chi connectivity index (χ1v) is 12.2. The van der Waals surface area contributed by atoms with E-state index in [0.29, 0.717) is 31.0 Å². The molecule has 0 aromatic heterocycles. The first-order valence-electron chi connectivity index (χ1n) is 11.3. The molecule has 0 unspecified atom stereocenters. The molecule has 0 saturated carbocycles. The van der Waals surface area contributed by atoms with Crippen molar-refractivity contribution < 1.29 is 24.3 Å². The van der Waals surface area contributed by atoms with Crippen LogP contribution in [0.4, 0.5) is 0 Å². The number of carboxylic acids is 1. The fourth-order valence-electron chi connectivity index (χ4n) is 5.33. The summed E-state index contributed by atoms with van der Waals surface area (Å²) in [4.78, 5) is 53.4. The van der Waals surface area contributed by atoms with E-state index < -0.39 is 17.9 Å². The molecule has 4 aliphatic heterocycles. The molecule has 0 spiro atoms. The van der Waals surface area contributed by atoms with Gasteiger partial charge in [-0.2, -0.15) is 0 Å². The smallest absolute Gasteiger partial charge is 0.353 e. The third kappa shape index (κ3) is 4.25. The normalized spacial score (nSPS) is 32.4. The number of carboxylic acid groups (broad SMARTS) is 1. The SMILES string of the molecule is CNCC(=O)N[C@H](C)[C@H]1C(=O)N2C(C(=O)O)=C(S[C@@H]3CN[C@H](C(=O)N4CC(N)C4)C3)[C@H](C)[C@@H]12. The van der Waals surface area contributed by atoms with Gasteiger partial charge in [-0.15, -0.1) is 11.8 Å². The molecule has 33 heavy (non-hydrogen) atoms. The number of hydrogen-bond acceptors (Lipinski definition) is 8. The van der Waals surface area contributed by atoms with Gasteiger partial charge in [0, 0.05) is 47.8 Å². The molecule has 6 atom stereocenters. The third-order valence-corrected chi connectivity index (χ3v) is 8.47. The van der Waals surface area contributed by atoms with Crippen LogP contribution in [-0.4, -0.2) is 101 Å². The van der Waals surface area contributed by atoms with E-state index in [-0.39, 0.29) is 59.3 Å². The average Bonchev–Trinajstić information content (AvgIpc) is 3.27. The van der Waals surface area contributed by atoms with E-state index in [2.05, 4.69) is 16.0 Å². The monoisotopic (exact) mass is 480 g/mol. The standard InChI is InChI=1S/C21H32N6O5S/c1-9-16-15(10(2)25-14(28)6-23-3)20(30)27(16)17(21(31)32)18(9)33-12-4-13(24-5-12)19(29)26-7-11(22)8-26/h9-13,15-16,23-24H,4-8,22H2,1-3H3,(H,25,28)(H,31,32)/t9-,10-,12+,13+,15-,16+/m1/s1. The molecule has 3 saturated heterocycles. The first-order chi connectivity index (χ1) is 15.6. The summed E-state index contributed by atoms with van der Waals surface area (Å²) in [5.41, 5.74) is 5.82. The van der Waals surface area contributed by atoms with Crippen LogP contribution in [0.3, 0.4) is 0 Å². The molecule has 4 aliphatic rings. The Labute approximate surface area is 196 Å². The Bertz CT molecular complexity index is 890. The largest absolute Gasteiger partial charge is 0.477 e. The molecule has 4 rings (SSSR count). The molecule has 0 aromatic carbocycles. The summed E-state index contributed by atoms with van der Waals surface area (Å²) >= 11 is 1.45. The molecule has 182 valence electrons. The lowest BCUT2D eigenvalue weighted by atomic mass is 9.78. The topological polar surface area (TPSA) is 157 Å². The third-order valence-electron chi connectivity index (χ3n) is 6.96. The Kier molecular flexibility index (Phi) is 6.72. The number of amides is 3. The van der Waals surface area contributed by atoms with Gasteiger partial charge in [-0.1, -0.05) is 6.92 Å². The van der Waals surface area contributed by atoms with Crippen LogP contribution in [0.5, 0.6) is 0 Å². The van der Waals surface area contributed by atoms with Crippen LogP contribution in [0.1, 0.15) is 20.3 Å². The maximum absolute atomic E-state index is 12.9. The van der Waals surface area contributed by atoms with Crippen LogP contribution in [-0.2, 0) is 19.2 Å². The van der Waals surface area contributed by atoms with E-state index in [0.717, 1.165) is 0 Å². The van der Waals surface area contributed by atoms with Crippen LogP contribution < -0.4 is 21.7 Å². The van der Waals surface area contributed by atoms with Gasteiger partial charge in [-0.3, -0.25) is 14.4 Å². The zero-order chi connectivity index (χ0) is 24.0. The van der Waals surface area contributed by atoms with E-state index in [1.165, 1.54) is 16.7 Å². The van der Waals surface area contributed by atoms with Crippen molar-refractivity contribution in [2.45, 2.75) is 49.7 Å². The Morgan fingerprint density at radius 1 is 1.33 bits per heavy atom. The molecule has 12 heteroatoms. The minimum Gasteiger partial charge on any atom is -0.477 e. The van der Waals surface area contributed by atoms with Crippen molar-refractivity contribution in [3.05, 3.63) is 10.6 Å². The second-order valence-electron chi connectivity index (χ2n) is 9.36. The van der Waals surface area contributed by atoms with Gasteiger partial charge in [0.25, 0.3) is 0 Å². The number of carbonyl (C=O) groups excluding carboxylic acids is 3. The quantitative estimate of drug-likeness (QED) is 0.251. The molecule has 4 heterocycles. The maximum atomic E-state index is 12.9. The summed E-state index contributed by atoms with van der Waals surface area (Å²) in [6.45, 7) is 5.59. The zero-order valence-electron chi connectivity index (χ0n) is 19.0. The van der Waals surface area contributed by atoms with Crippen LogP contribution in [0, 0.1) is 11.8 Å². The maximum Gasteiger partial charge on any atom is 0.353 e. The van der Waals surface area contributed by atoms with Gasteiger partial charge in [0.1, 0.15) is 5.70 Å². The predicted molar refractivity (Wildman–Crippen MR) is 122 cm³/mol. The van der Waals surface area contributed by atoms with Crippen molar-refractivity contribution in [2.75, 3.05) is 33.2 Å². The second kappa shape index (κ2) is 9.24. The van der Waals surface area contributed by atoms with Gasteiger partial charge >= 0.3 is 5.97 Å². The number of likely N-dealkylation sites (N-methyl/N-ethyl adjacent to an activating group) is 1. The van der Waals surface area contributed by atoms with Crippen LogP contribution >= 0.6 is 11.8 Å². The Morgan fingerprint density at radius 3 is 2.64 bits per heavy atom. The number of nitrogens with two attached hydrogens (primary N) is 1. The number of nitrogens with zero attached hydrogens (tertiary/aromatic N) is 2. The van der Waals surface area contributed by atoms with Gasteiger partial charge in [0.2, 0.25) is 17.7 Å². The molecule has 0 aliphatic carbocycles. The molecule has 11 nitrogen and oxygen atoms in total.